The smallest absolute Gasteiger partial charge is 0.0805 e. The molecule has 0 aliphatic heterocycles. The molecule has 2 aliphatic carbocycles. The molecule has 0 heterocycles. The molecule has 0 fully saturated rings. The summed E-state index contributed by atoms with van der Waals surface area (Å²) in [4.78, 5) is 0. The Morgan fingerprint density at radius 2 is 0.870 bits per heavy atom. The molecule has 0 bridgehead atoms. The van der Waals surface area contributed by atoms with Crippen molar-refractivity contribution >= 4 is 0 Å². The molecule has 0 radical (unpaired) electrons. The first kappa shape index (κ1) is 15.5. The molecule has 1 heteroatoms. The van der Waals surface area contributed by atoms with Crippen LogP contribution in [-0.4, -0.2) is 0 Å². The van der Waals surface area contributed by atoms with Gasteiger partial charge in [-0.2, -0.15) is 0 Å². The van der Waals surface area contributed by atoms with E-state index in [9.17, 15) is 0 Å². The van der Waals surface area contributed by atoms with Crippen LogP contribution in [0.2, 0.25) is 0 Å². The summed E-state index contributed by atoms with van der Waals surface area (Å²) in [5, 5.41) is 0. The van der Waals surface area contributed by atoms with Gasteiger partial charge in [0.05, 0.1) is 12.2 Å². The van der Waals surface area contributed by atoms with Gasteiger partial charge in [-0.3, -0.25) is 0 Å². The highest BCUT2D eigenvalue weighted by molar-refractivity contribution is 5.75. The minimum Gasteiger partial charge on any atom is -0.366 e. The third kappa shape index (κ3) is 3.88. The molecule has 0 amide bonds. The Hall–Kier alpha value is -2.38. The zero-order valence-corrected chi connectivity index (χ0v) is 13.6. The van der Waals surface area contributed by atoms with Crippen LogP contribution in [0.25, 0.3) is 11.1 Å². The highest BCUT2D eigenvalue weighted by Crippen LogP contribution is 2.29. The minimum absolute atomic E-state index is 0.117. The van der Waals surface area contributed by atoms with Crippen molar-refractivity contribution in [1.82, 2.24) is 0 Å². The topological polar surface area (TPSA) is 9.23 Å². The molecule has 0 spiro atoms. The number of fused-ring (bicyclic) bond motifs is 1. The first-order valence-electron chi connectivity index (χ1n) is 8.10. The second kappa shape index (κ2) is 7.26. The average molecular weight is 302 g/mol. The standard InChI is InChI=1S/C16H18O.C6H4/c1-13(15-9-5-3-6-10-15)17-14(2)16-11-7-4-8-12-16;1-2-6-4-3-5(1)6/h3-14H,1-2H3;1-4H. The summed E-state index contributed by atoms with van der Waals surface area (Å²) >= 11 is 0. The summed E-state index contributed by atoms with van der Waals surface area (Å²) in [5.41, 5.74) is 5.29. The van der Waals surface area contributed by atoms with E-state index in [0.29, 0.717) is 0 Å². The molecular weight excluding hydrogens is 280 g/mol. The predicted octanol–water partition coefficient (Wildman–Crippen LogP) is 6.19. The molecule has 2 atom stereocenters. The molecule has 1 nitrogen and oxygen atoms in total. The first-order chi connectivity index (χ1) is 11.2. The van der Waals surface area contributed by atoms with E-state index in [2.05, 4.69) is 62.4 Å². The van der Waals surface area contributed by atoms with Crippen LogP contribution in [0.15, 0.2) is 84.9 Å². The van der Waals surface area contributed by atoms with Crippen molar-refractivity contribution in [3.05, 3.63) is 96.1 Å². The number of hydrogen-bond acceptors (Lipinski definition) is 1. The second-order valence-electron chi connectivity index (χ2n) is 5.82. The normalized spacial score (nSPS) is 13.5. The summed E-state index contributed by atoms with van der Waals surface area (Å²) in [5.74, 6) is 0. The lowest BCUT2D eigenvalue weighted by Crippen LogP contribution is -2.04. The van der Waals surface area contributed by atoms with Gasteiger partial charge in [0.2, 0.25) is 0 Å². The second-order valence-corrected chi connectivity index (χ2v) is 5.82. The Morgan fingerprint density at radius 1 is 0.522 bits per heavy atom. The molecular formula is C22H22O. The van der Waals surface area contributed by atoms with Crippen molar-refractivity contribution in [3.63, 3.8) is 0 Å². The Labute approximate surface area is 138 Å². The highest BCUT2D eigenvalue weighted by Gasteiger charge is 2.11. The molecule has 2 aliphatic rings. The van der Waals surface area contributed by atoms with Gasteiger partial charge in [0.1, 0.15) is 0 Å². The van der Waals surface area contributed by atoms with Crippen LogP contribution in [0.5, 0.6) is 0 Å². The van der Waals surface area contributed by atoms with Gasteiger partial charge in [-0.1, -0.05) is 84.9 Å². The predicted molar refractivity (Wildman–Crippen MR) is 96.2 cm³/mol. The van der Waals surface area contributed by atoms with Crippen molar-refractivity contribution in [3.8, 4) is 11.1 Å². The maximum Gasteiger partial charge on any atom is 0.0805 e. The highest BCUT2D eigenvalue weighted by atomic mass is 16.5. The van der Waals surface area contributed by atoms with E-state index in [4.69, 9.17) is 4.74 Å². The molecule has 2 aromatic rings. The van der Waals surface area contributed by atoms with Crippen LogP contribution in [0.1, 0.15) is 37.2 Å². The van der Waals surface area contributed by atoms with Gasteiger partial charge in [0.25, 0.3) is 0 Å². The Kier molecular flexibility index (Phi) is 4.89. The van der Waals surface area contributed by atoms with E-state index in [1.54, 1.807) is 0 Å². The monoisotopic (exact) mass is 302 g/mol. The lowest BCUT2D eigenvalue weighted by Gasteiger charge is -2.19. The minimum atomic E-state index is 0.117. The Morgan fingerprint density at radius 3 is 1.13 bits per heavy atom. The number of hydrogen-bond donors (Lipinski definition) is 0. The molecule has 0 saturated heterocycles. The fourth-order valence-corrected chi connectivity index (χ4v) is 2.57. The number of rotatable bonds is 4. The van der Waals surface area contributed by atoms with Crippen LogP contribution < -0.4 is 0 Å². The Bertz CT molecular complexity index is 652. The van der Waals surface area contributed by atoms with Crippen molar-refractivity contribution in [2.45, 2.75) is 26.1 Å². The van der Waals surface area contributed by atoms with E-state index in [1.165, 1.54) is 22.3 Å². The van der Waals surface area contributed by atoms with Crippen molar-refractivity contribution in [1.29, 1.82) is 0 Å². The van der Waals surface area contributed by atoms with Gasteiger partial charge < -0.3 is 4.74 Å². The molecule has 116 valence electrons. The lowest BCUT2D eigenvalue weighted by molar-refractivity contribution is 0.00586. The van der Waals surface area contributed by atoms with Gasteiger partial charge in [-0.25, -0.2) is 0 Å². The van der Waals surface area contributed by atoms with Gasteiger partial charge in [0.15, 0.2) is 0 Å². The summed E-state index contributed by atoms with van der Waals surface area (Å²) in [6.45, 7) is 4.18. The lowest BCUT2D eigenvalue weighted by atomic mass is 9.95. The van der Waals surface area contributed by atoms with Crippen LogP contribution in [-0.2, 0) is 4.74 Å². The van der Waals surface area contributed by atoms with Crippen LogP contribution in [0.4, 0.5) is 0 Å². The van der Waals surface area contributed by atoms with Gasteiger partial charge >= 0.3 is 0 Å². The summed E-state index contributed by atoms with van der Waals surface area (Å²) in [6.07, 6.45) is 0.234. The molecule has 0 saturated carbocycles. The molecule has 0 N–H and O–H groups in total. The van der Waals surface area contributed by atoms with Crippen molar-refractivity contribution in [2.75, 3.05) is 0 Å². The van der Waals surface area contributed by atoms with E-state index >= 15 is 0 Å². The van der Waals surface area contributed by atoms with Crippen LogP contribution in [0.3, 0.4) is 0 Å². The fourth-order valence-electron chi connectivity index (χ4n) is 2.57. The molecule has 0 aromatic heterocycles. The van der Waals surface area contributed by atoms with Crippen molar-refractivity contribution < 1.29 is 4.74 Å². The third-order valence-electron chi connectivity index (χ3n) is 4.16. The van der Waals surface area contributed by atoms with Gasteiger partial charge in [-0.15, -0.1) is 0 Å². The molecule has 2 unspecified atom stereocenters. The number of ether oxygens (including phenoxy) is 1. The largest absolute Gasteiger partial charge is 0.366 e. The SMILES string of the molecule is CC(OC(C)c1ccccc1)c1ccccc1.c1cc2ccc1-2. The first-order valence-corrected chi connectivity index (χ1v) is 8.10. The van der Waals surface area contributed by atoms with E-state index < -0.39 is 0 Å². The fraction of sp³-hybridized carbons (Fsp3) is 0.182. The van der Waals surface area contributed by atoms with E-state index in [-0.39, 0.29) is 12.2 Å². The zero-order valence-electron chi connectivity index (χ0n) is 13.6. The van der Waals surface area contributed by atoms with Crippen molar-refractivity contribution in [2.24, 2.45) is 0 Å². The summed E-state index contributed by atoms with van der Waals surface area (Å²) < 4.78 is 6.02. The maximum atomic E-state index is 6.02. The third-order valence-corrected chi connectivity index (χ3v) is 4.16. The molecule has 2 aromatic carbocycles. The van der Waals surface area contributed by atoms with E-state index in [1.807, 2.05) is 36.4 Å². The zero-order chi connectivity index (χ0) is 16.1. The van der Waals surface area contributed by atoms with E-state index in [0.717, 1.165) is 0 Å². The molecule has 4 rings (SSSR count). The number of benzene rings is 3. The van der Waals surface area contributed by atoms with Gasteiger partial charge in [0, 0.05) is 0 Å². The average Bonchev–Trinajstić information content (AvgIpc) is 2.60. The van der Waals surface area contributed by atoms with Gasteiger partial charge in [-0.05, 0) is 36.1 Å². The molecule has 23 heavy (non-hydrogen) atoms. The quantitative estimate of drug-likeness (QED) is 0.436. The van der Waals surface area contributed by atoms with Crippen LogP contribution in [0, 0.1) is 0 Å². The summed E-state index contributed by atoms with van der Waals surface area (Å²) in [7, 11) is 0. The van der Waals surface area contributed by atoms with Crippen LogP contribution >= 0.6 is 0 Å². The maximum absolute atomic E-state index is 6.02. The summed E-state index contributed by atoms with van der Waals surface area (Å²) in [6, 6.07) is 29.1. The Balaban J connectivity index is 0.000000213.